The quantitative estimate of drug-likeness (QED) is 0.675. The highest BCUT2D eigenvalue weighted by Gasteiger charge is 1.97. The monoisotopic (exact) mass is 207 g/mol. The van der Waals surface area contributed by atoms with Gasteiger partial charge in [-0.25, -0.2) is 4.99 Å². The van der Waals surface area contributed by atoms with Crippen LogP contribution < -0.4 is 0 Å². The molecule has 2 aromatic carbocycles. The van der Waals surface area contributed by atoms with E-state index in [-0.39, 0.29) is 0 Å². The molecule has 0 spiro atoms. The van der Waals surface area contributed by atoms with Gasteiger partial charge < -0.3 is 0 Å². The van der Waals surface area contributed by atoms with Gasteiger partial charge >= 0.3 is 0 Å². The number of allylic oxidation sites excluding steroid dienone is 1. The molecule has 0 N–H and O–H groups in total. The Morgan fingerprint density at radius 3 is 2.00 bits per heavy atom. The average molecular weight is 207 g/mol. The van der Waals surface area contributed by atoms with E-state index in [1.807, 2.05) is 60.7 Å². The first-order chi connectivity index (χ1) is 7.90. The molecule has 2 aromatic rings. The number of para-hydroxylation sites is 1. The molecule has 0 bridgehead atoms. The lowest BCUT2D eigenvalue weighted by Gasteiger charge is -2.01. The van der Waals surface area contributed by atoms with Crippen LogP contribution in [0.4, 0.5) is 5.69 Å². The first-order valence-electron chi connectivity index (χ1n) is 5.22. The maximum Gasteiger partial charge on any atom is 0.0703 e. The third-order valence-electron chi connectivity index (χ3n) is 2.27. The molecule has 0 aromatic heterocycles. The fourth-order valence-electron chi connectivity index (χ4n) is 1.48. The van der Waals surface area contributed by atoms with E-state index >= 15 is 0 Å². The van der Waals surface area contributed by atoms with Crippen LogP contribution in [0.5, 0.6) is 0 Å². The zero-order valence-electron chi connectivity index (χ0n) is 9.01. The van der Waals surface area contributed by atoms with Crippen LogP contribution in [-0.2, 0) is 0 Å². The van der Waals surface area contributed by atoms with Gasteiger partial charge in [-0.05, 0) is 18.2 Å². The van der Waals surface area contributed by atoms with Crippen molar-refractivity contribution in [3.63, 3.8) is 0 Å². The molecule has 1 nitrogen and oxygen atoms in total. The van der Waals surface area contributed by atoms with Crippen LogP contribution in [0.1, 0.15) is 5.56 Å². The summed E-state index contributed by atoms with van der Waals surface area (Å²) in [6, 6.07) is 19.9. The van der Waals surface area contributed by atoms with Crippen molar-refractivity contribution in [1.82, 2.24) is 0 Å². The zero-order valence-corrected chi connectivity index (χ0v) is 9.01. The molecule has 0 heterocycles. The Hall–Kier alpha value is -2.15. The van der Waals surface area contributed by atoms with Crippen molar-refractivity contribution in [3.8, 4) is 0 Å². The van der Waals surface area contributed by atoms with Gasteiger partial charge in [-0.1, -0.05) is 55.1 Å². The van der Waals surface area contributed by atoms with Crippen molar-refractivity contribution in [2.75, 3.05) is 0 Å². The minimum Gasteiger partial charge on any atom is -0.248 e. The summed E-state index contributed by atoms with van der Waals surface area (Å²) >= 11 is 0. The van der Waals surface area contributed by atoms with Gasteiger partial charge in [0.05, 0.1) is 11.4 Å². The largest absolute Gasteiger partial charge is 0.248 e. The van der Waals surface area contributed by atoms with E-state index < -0.39 is 0 Å². The molecular formula is C15H13N. The molecule has 0 amide bonds. The highest BCUT2D eigenvalue weighted by Crippen LogP contribution is 2.13. The molecule has 0 saturated carbocycles. The summed E-state index contributed by atoms with van der Waals surface area (Å²) in [7, 11) is 0. The Labute approximate surface area is 95.8 Å². The van der Waals surface area contributed by atoms with E-state index in [9.17, 15) is 0 Å². The highest BCUT2D eigenvalue weighted by atomic mass is 14.7. The van der Waals surface area contributed by atoms with Gasteiger partial charge in [-0.3, -0.25) is 0 Å². The SMILES string of the molecule is C=CC(=Nc1ccccc1)c1ccccc1. The summed E-state index contributed by atoms with van der Waals surface area (Å²) in [4.78, 5) is 4.55. The van der Waals surface area contributed by atoms with Gasteiger partial charge in [0.1, 0.15) is 0 Å². The van der Waals surface area contributed by atoms with Gasteiger partial charge in [0, 0.05) is 5.56 Å². The van der Waals surface area contributed by atoms with Crippen LogP contribution >= 0.6 is 0 Å². The fraction of sp³-hybridized carbons (Fsp3) is 0. The van der Waals surface area contributed by atoms with Crippen LogP contribution in [0.3, 0.4) is 0 Å². The molecule has 0 unspecified atom stereocenters. The van der Waals surface area contributed by atoms with Gasteiger partial charge in [0.2, 0.25) is 0 Å². The number of hydrogen-bond donors (Lipinski definition) is 0. The fourth-order valence-corrected chi connectivity index (χ4v) is 1.48. The van der Waals surface area contributed by atoms with Gasteiger partial charge in [-0.15, -0.1) is 0 Å². The number of benzene rings is 2. The second-order valence-electron chi connectivity index (χ2n) is 3.40. The smallest absolute Gasteiger partial charge is 0.0703 e. The molecule has 0 aliphatic rings. The molecule has 0 saturated heterocycles. The van der Waals surface area contributed by atoms with E-state index in [1.54, 1.807) is 6.08 Å². The van der Waals surface area contributed by atoms with E-state index in [4.69, 9.17) is 0 Å². The number of nitrogens with zero attached hydrogens (tertiary/aromatic N) is 1. The zero-order chi connectivity index (χ0) is 11.2. The van der Waals surface area contributed by atoms with Gasteiger partial charge in [-0.2, -0.15) is 0 Å². The minimum absolute atomic E-state index is 0.895. The number of aliphatic imine (C=N–C) groups is 1. The van der Waals surface area contributed by atoms with E-state index in [0.717, 1.165) is 17.0 Å². The minimum atomic E-state index is 0.895. The van der Waals surface area contributed by atoms with Gasteiger partial charge in [0.25, 0.3) is 0 Å². The third kappa shape index (κ3) is 2.45. The first-order valence-corrected chi connectivity index (χ1v) is 5.22. The lowest BCUT2D eigenvalue weighted by molar-refractivity contribution is 1.50. The molecule has 2 rings (SSSR count). The molecule has 0 fully saturated rings. The summed E-state index contributed by atoms with van der Waals surface area (Å²) in [6.07, 6.45) is 1.78. The van der Waals surface area contributed by atoms with Crippen molar-refractivity contribution in [2.45, 2.75) is 0 Å². The maximum absolute atomic E-state index is 4.55. The molecule has 0 atom stereocenters. The molecule has 0 radical (unpaired) electrons. The average Bonchev–Trinajstić information content (AvgIpc) is 2.38. The first kappa shape index (κ1) is 10.4. The predicted molar refractivity (Wildman–Crippen MR) is 69.3 cm³/mol. The summed E-state index contributed by atoms with van der Waals surface area (Å²) in [6.45, 7) is 3.80. The van der Waals surface area contributed by atoms with Gasteiger partial charge in [0.15, 0.2) is 0 Å². The van der Waals surface area contributed by atoms with Crippen molar-refractivity contribution in [2.24, 2.45) is 4.99 Å². The van der Waals surface area contributed by atoms with Crippen LogP contribution in [0.25, 0.3) is 0 Å². The van der Waals surface area contributed by atoms with Crippen LogP contribution in [0.2, 0.25) is 0 Å². The number of hydrogen-bond acceptors (Lipinski definition) is 1. The summed E-state index contributed by atoms with van der Waals surface area (Å²) in [5.74, 6) is 0. The summed E-state index contributed by atoms with van der Waals surface area (Å²) in [5, 5.41) is 0. The summed E-state index contributed by atoms with van der Waals surface area (Å²) < 4.78 is 0. The Balaban J connectivity index is 2.38. The second kappa shape index (κ2) is 5.08. The third-order valence-corrected chi connectivity index (χ3v) is 2.27. The Morgan fingerprint density at radius 2 is 1.44 bits per heavy atom. The highest BCUT2D eigenvalue weighted by molar-refractivity contribution is 6.09. The van der Waals surface area contributed by atoms with Crippen LogP contribution in [-0.4, -0.2) is 5.71 Å². The molecule has 78 valence electrons. The lowest BCUT2D eigenvalue weighted by Crippen LogP contribution is -1.94. The maximum atomic E-state index is 4.55. The Morgan fingerprint density at radius 1 is 0.875 bits per heavy atom. The molecular weight excluding hydrogens is 194 g/mol. The van der Waals surface area contributed by atoms with Crippen molar-refractivity contribution >= 4 is 11.4 Å². The molecule has 16 heavy (non-hydrogen) atoms. The second-order valence-corrected chi connectivity index (χ2v) is 3.40. The standard InChI is InChI=1S/C15H13N/c1-2-15(13-9-5-3-6-10-13)16-14-11-7-4-8-12-14/h2-12H,1H2. The topological polar surface area (TPSA) is 12.4 Å². The van der Waals surface area contributed by atoms with Crippen LogP contribution in [0, 0.1) is 0 Å². The lowest BCUT2D eigenvalue weighted by atomic mass is 10.1. The number of rotatable bonds is 3. The van der Waals surface area contributed by atoms with Crippen molar-refractivity contribution < 1.29 is 0 Å². The van der Waals surface area contributed by atoms with Crippen molar-refractivity contribution in [1.29, 1.82) is 0 Å². The normalized spacial score (nSPS) is 11.1. The Bertz CT molecular complexity index is 483. The molecule has 1 heteroatoms. The van der Waals surface area contributed by atoms with E-state index in [2.05, 4.69) is 11.6 Å². The van der Waals surface area contributed by atoms with Crippen molar-refractivity contribution in [3.05, 3.63) is 78.9 Å². The molecule has 0 aliphatic carbocycles. The van der Waals surface area contributed by atoms with Crippen LogP contribution in [0.15, 0.2) is 78.3 Å². The predicted octanol–water partition coefficient (Wildman–Crippen LogP) is 3.99. The van der Waals surface area contributed by atoms with E-state index in [0.29, 0.717) is 0 Å². The van der Waals surface area contributed by atoms with E-state index in [1.165, 1.54) is 0 Å². The molecule has 0 aliphatic heterocycles. The Kier molecular flexibility index (Phi) is 3.29. The summed E-state index contributed by atoms with van der Waals surface area (Å²) in [5.41, 5.74) is 2.93.